The Kier molecular flexibility index (Phi) is 18.9. The number of unbranched alkanes of at least 4 members (excludes halogenated alkanes) is 11. The monoisotopic (exact) mass is 312 g/mol. The van der Waals surface area contributed by atoms with Gasteiger partial charge in [0.1, 0.15) is 0 Å². The summed E-state index contributed by atoms with van der Waals surface area (Å²) in [5.74, 6) is 0. The van der Waals surface area contributed by atoms with Gasteiger partial charge < -0.3 is 10.2 Å². The lowest BCUT2D eigenvalue weighted by atomic mass is 10.1. The standard InChI is InChI=1S/C20H44N2/c1-4-7-8-9-10-11-12-13-14-15-16-17-18-21-19-20-22(5-2)6-3/h21H,4-20H2,1-3H3. The zero-order valence-electron chi connectivity index (χ0n) is 16.0. The van der Waals surface area contributed by atoms with Gasteiger partial charge in [-0.25, -0.2) is 0 Å². The van der Waals surface area contributed by atoms with Gasteiger partial charge in [-0.05, 0) is 26.1 Å². The van der Waals surface area contributed by atoms with Gasteiger partial charge in [-0.1, -0.05) is 91.4 Å². The molecule has 0 atom stereocenters. The molecular weight excluding hydrogens is 268 g/mol. The van der Waals surface area contributed by atoms with Crippen LogP contribution in [0.25, 0.3) is 0 Å². The molecule has 0 spiro atoms. The van der Waals surface area contributed by atoms with Crippen LogP contribution in [0.3, 0.4) is 0 Å². The average Bonchev–Trinajstić information content (AvgIpc) is 2.55. The minimum atomic E-state index is 1.15. The van der Waals surface area contributed by atoms with Crippen LogP contribution in [0.4, 0.5) is 0 Å². The van der Waals surface area contributed by atoms with E-state index >= 15 is 0 Å². The molecule has 0 rings (SSSR count). The van der Waals surface area contributed by atoms with Gasteiger partial charge in [-0.2, -0.15) is 0 Å². The van der Waals surface area contributed by atoms with E-state index in [-0.39, 0.29) is 0 Å². The molecule has 0 aromatic rings. The highest BCUT2D eigenvalue weighted by molar-refractivity contribution is 4.56. The van der Waals surface area contributed by atoms with E-state index in [1.807, 2.05) is 0 Å². The first-order valence-electron chi connectivity index (χ1n) is 10.3. The molecule has 0 aliphatic rings. The molecule has 0 amide bonds. The fraction of sp³-hybridized carbons (Fsp3) is 1.00. The van der Waals surface area contributed by atoms with Gasteiger partial charge in [0, 0.05) is 13.1 Å². The molecule has 0 saturated heterocycles. The predicted octanol–water partition coefficient (Wildman–Crippen LogP) is 5.62. The number of nitrogens with one attached hydrogen (secondary N) is 1. The Morgan fingerprint density at radius 1 is 0.545 bits per heavy atom. The summed E-state index contributed by atoms with van der Waals surface area (Å²) in [4.78, 5) is 2.48. The van der Waals surface area contributed by atoms with E-state index < -0.39 is 0 Å². The number of hydrogen-bond donors (Lipinski definition) is 1. The van der Waals surface area contributed by atoms with Crippen molar-refractivity contribution in [1.82, 2.24) is 10.2 Å². The summed E-state index contributed by atoms with van der Waals surface area (Å²) < 4.78 is 0. The lowest BCUT2D eigenvalue weighted by Gasteiger charge is -2.17. The second-order valence-electron chi connectivity index (χ2n) is 6.67. The summed E-state index contributed by atoms with van der Waals surface area (Å²) in [6, 6.07) is 0. The molecule has 0 heterocycles. The van der Waals surface area contributed by atoms with Crippen molar-refractivity contribution in [3.05, 3.63) is 0 Å². The molecule has 0 aromatic carbocycles. The van der Waals surface area contributed by atoms with Crippen LogP contribution < -0.4 is 5.32 Å². The molecule has 0 bridgehead atoms. The summed E-state index contributed by atoms with van der Waals surface area (Å²) >= 11 is 0. The van der Waals surface area contributed by atoms with E-state index in [1.54, 1.807) is 0 Å². The number of rotatable bonds is 18. The Bertz CT molecular complexity index is 190. The quantitative estimate of drug-likeness (QED) is 0.330. The van der Waals surface area contributed by atoms with E-state index in [4.69, 9.17) is 0 Å². The third-order valence-electron chi connectivity index (χ3n) is 4.71. The number of nitrogens with zero attached hydrogens (tertiary/aromatic N) is 1. The summed E-state index contributed by atoms with van der Waals surface area (Å²) in [6.45, 7) is 12.7. The van der Waals surface area contributed by atoms with Crippen molar-refractivity contribution in [3.63, 3.8) is 0 Å². The Hall–Kier alpha value is -0.0800. The predicted molar refractivity (Wildman–Crippen MR) is 102 cm³/mol. The van der Waals surface area contributed by atoms with E-state index in [0.29, 0.717) is 0 Å². The van der Waals surface area contributed by atoms with Crippen LogP contribution in [0.15, 0.2) is 0 Å². The fourth-order valence-electron chi connectivity index (χ4n) is 2.99. The maximum absolute atomic E-state index is 3.58. The van der Waals surface area contributed by atoms with Gasteiger partial charge in [0.2, 0.25) is 0 Å². The molecule has 0 radical (unpaired) electrons. The van der Waals surface area contributed by atoms with E-state index in [1.165, 1.54) is 103 Å². The Morgan fingerprint density at radius 2 is 1.00 bits per heavy atom. The van der Waals surface area contributed by atoms with Crippen molar-refractivity contribution in [1.29, 1.82) is 0 Å². The molecule has 2 heteroatoms. The van der Waals surface area contributed by atoms with Gasteiger partial charge in [0.05, 0.1) is 0 Å². The number of hydrogen-bond acceptors (Lipinski definition) is 2. The summed E-state index contributed by atoms with van der Waals surface area (Å²) in [5.41, 5.74) is 0. The molecule has 0 aromatic heterocycles. The van der Waals surface area contributed by atoms with Crippen LogP contribution in [-0.2, 0) is 0 Å². The van der Waals surface area contributed by atoms with E-state index in [0.717, 1.165) is 6.54 Å². The maximum atomic E-state index is 3.58. The molecule has 2 nitrogen and oxygen atoms in total. The Labute approximate surface area is 141 Å². The molecule has 0 aliphatic carbocycles. The first kappa shape index (κ1) is 21.9. The van der Waals surface area contributed by atoms with Crippen LogP contribution in [0.1, 0.15) is 97.8 Å². The van der Waals surface area contributed by atoms with E-state index in [2.05, 4.69) is 31.0 Å². The van der Waals surface area contributed by atoms with Gasteiger partial charge >= 0.3 is 0 Å². The molecule has 0 saturated carbocycles. The molecule has 0 unspecified atom stereocenters. The SMILES string of the molecule is CCCCCCCCCCCCCCNCCN(CC)CC. The van der Waals surface area contributed by atoms with Gasteiger partial charge in [-0.3, -0.25) is 0 Å². The van der Waals surface area contributed by atoms with Crippen LogP contribution in [0.2, 0.25) is 0 Å². The van der Waals surface area contributed by atoms with Crippen LogP contribution in [0, 0.1) is 0 Å². The molecule has 1 N–H and O–H groups in total. The van der Waals surface area contributed by atoms with Crippen molar-refractivity contribution >= 4 is 0 Å². The molecule has 0 fully saturated rings. The van der Waals surface area contributed by atoms with E-state index in [9.17, 15) is 0 Å². The first-order chi connectivity index (χ1) is 10.8. The molecular formula is C20H44N2. The van der Waals surface area contributed by atoms with Crippen molar-refractivity contribution in [2.75, 3.05) is 32.7 Å². The molecule has 134 valence electrons. The van der Waals surface area contributed by atoms with Gasteiger partial charge in [0.15, 0.2) is 0 Å². The smallest absolute Gasteiger partial charge is 0.0107 e. The Morgan fingerprint density at radius 3 is 1.45 bits per heavy atom. The lowest BCUT2D eigenvalue weighted by molar-refractivity contribution is 0.302. The zero-order chi connectivity index (χ0) is 16.3. The third kappa shape index (κ3) is 16.3. The molecule has 22 heavy (non-hydrogen) atoms. The highest BCUT2D eigenvalue weighted by Crippen LogP contribution is 2.11. The highest BCUT2D eigenvalue weighted by Gasteiger charge is 1.97. The lowest BCUT2D eigenvalue weighted by Crippen LogP contribution is -2.32. The minimum absolute atomic E-state index is 1.15. The van der Waals surface area contributed by atoms with Crippen molar-refractivity contribution in [2.45, 2.75) is 97.8 Å². The van der Waals surface area contributed by atoms with Crippen molar-refractivity contribution in [3.8, 4) is 0 Å². The second-order valence-corrected chi connectivity index (χ2v) is 6.67. The van der Waals surface area contributed by atoms with Crippen LogP contribution >= 0.6 is 0 Å². The first-order valence-corrected chi connectivity index (χ1v) is 10.3. The van der Waals surface area contributed by atoms with Crippen molar-refractivity contribution < 1.29 is 0 Å². The third-order valence-corrected chi connectivity index (χ3v) is 4.71. The largest absolute Gasteiger partial charge is 0.315 e. The summed E-state index contributed by atoms with van der Waals surface area (Å²) in [6.07, 6.45) is 17.2. The van der Waals surface area contributed by atoms with Crippen LogP contribution in [0.5, 0.6) is 0 Å². The summed E-state index contributed by atoms with van der Waals surface area (Å²) in [5, 5.41) is 3.58. The normalized spacial score (nSPS) is 11.5. The van der Waals surface area contributed by atoms with Crippen LogP contribution in [-0.4, -0.2) is 37.6 Å². The highest BCUT2D eigenvalue weighted by atomic mass is 15.1. The summed E-state index contributed by atoms with van der Waals surface area (Å²) in [7, 11) is 0. The fourth-order valence-corrected chi connectivity index (χ4v) is 2.99. The second kappa shape index (κ2) is 19.0. The molecule has 0 aliphatic heterocycles. The maximum Gasteiger partial charge on any atom is 0.0107 e. The van der Waals surface area contributed by atoms with Gasteiger partial charge in [-0.15, -0.1) is 0 Å². The zero-order valence-corrected chi connectivity index (χ0v) is 16.0. The minimum Gasteiger partial charge on any atom is -0.315 e. The topological polar surface area (TPSA) is 15.3 Å². The average molecular weight is 313 g/mol. The number of likely N-dealkylation sites (N-methyl/N-ethyl adjacent to an activating group) is 1. The Balaban J connectivity index is 3.02. The van der Waals surface area contributed by atoms with Gasteiger partial charge in [0.25, 0.3) is 0 Å². The van der Waals surface area contributed by atoms with Crippen molar-refractivity contribution in [2.24, 2.45) is 0 Å².